The van der Waals surface area contributed by atoms with Crippen LogP contribution in [0.3, 0.4) is 0 Å². The number of hydrogen-bond acceptors (Lipinski definition) is 3. The minimum absolute atomic E-state index is 0.0109. The smallest absolute Gasteiger partial charge is 0.326 e. The minimum Gasteiger partial charge on any atom is -0.480 e. The van der Waals surface area contributed by atoms with Gasteiger partial charge in [0.15, 0.2) is 0 Å². The third kappa shape index (κ3) is 6.93. The van der Waals surface area contributed by atoms with Crippen LogP contribution < -0.4 is 10.6 Å². The molecular weight excluding hydrogens is 244 g/mol. The largest absolute Gasteiger partial charge is 0.480 e. The number of carboxylic acid groups (broad SMARTS) is 1. The number of carbonyl (C=O) groups excluding carboxylic acids is 1. The van der Waals surface area contributed by atoms with Gasteiger partial charge in [0.2, 0.25) is 0 Å². The highest BCUT2D eigenvalue weighted by Gasteiger charge is 2.17. The Balaban J connectivity index is 3.87. The van der Waals surface area contributed by atoms with Gasteiger partial charge in [-0.3, -0.25) is 4.21 Å². The van der Waals surface area contributed by atoms with E-state index in [1.807, 2.05) is 6.92 Å². The van der Waals surface area contributed by atoms with Crippen LogP contribution in [0.25, 0.3) is 0 Å². The Bertz CT molecular complexity index is 296. The van der Waals surface area contributed by atoms with Gasteiger partial charge in [-0.1, -0.05) is 13.8 Å². The fourth-order valence-corrected chi connectivity index (χ4v) is 1.55. The van der Waals surface area contributed by atoms with E-state index in [4.69, 9.17) is 5.11 Å². The molecule has 0 aromatic carbocycles. The van der Waals surface area contributed by atoms with Crippen molar-refractivity contribution >= 4 is 22.8 Å². The molecule has 0 aliphatic rings. The number of aliphatic carboxylic acids is 1. The summed E-state index contributed by atoms with van der Waals surface area (Å²) in [5, 5.41) is 13.6. The summed E-state index contributed by atoms with van der Waals surface area (Å²) in [5.74, 6) is -1.05. The average Bonchev–Trinajstić information content (AvgIpc) is 2.25. The number of urea groups is 1. The molecule has 7 heteroatoms. The van der Waals surface area contributed by atoms with E-state index in [1.165, 1.54) is 0 Å². The molecule has 0 aliphatic heterocycles. The van der Waals surface area contributed by atoms with E-state index < -0.39 is 28.8 Å². The molecule has 0 radical (unpaired) electrons. The lowest BCUT2D eigenvalue weighted by atomic mass is 10.2. The molecular formula is C10H20N2O4S. The van der Waals surface area contributed by atoms with Gasteiger partial charge in [-0.15, -0.1) is 0 Å². The summed E-state index contributed by atoms with van der Waals surface area (Å²) >= 11 is 0. The van der Waals surface area contributed by atoms with Crippen LogP contribution in [0.1, 0.15) is 26.7 Å². The Morgan fingerprint density at radius 1 is 1.41 bits per heavy atom. The third-order valence-electron chi connectivity index (χ3n) is 2.41. The van der Waals surface area contributed by atoms with Crippen molar-refractivity contribution in [1.29, 1.82) is 0 Å². The van der Waals surface area contributed by atoms with Gasteiger partial charge in [-0.05, 0) is 12.8 Å². The standard InChI is InChI=1S/C10H20N2O4S/c1-4-8(9(13)14)12-10(15)11-6-5-7(2)17(3)16/h7-8H,4-6H2,1-3H3,(H,13,14)(H2,11,12,15)/t7?,8-,17?/m1/s1. The first-order valence-corrected chi connectivity index (χ1v) is 7.10. The molecule has 17 heavy (non-hydrogen) atoms. The monoisotopic (exact) mass is 264 g/mol. The first-order valence-electron chi connectivity index (χ1n) is 5.47. The maximum Gasteiger partial charge on any atom is 0.326 e. The van der Waals surface area contributed by atoms with Crippen molar-refractivity contribution in [1.82, 2.24) is 10.6 Å². The van der Waals surface area contributed by atoms with Crippen molar-refractivity contribution in [2.45, 2.75) is 38.0 Å². The number of rotatable bonds is 7. The van der Waals surface area contributed by atoms with E-state index in [-0.39, 0.29) is 5.25 Å². The van der Waals surface area contributed by atoms with Crippen LogP contribution in [0.2, 0.25) is 0 Å². The molecule has 0 heterocycles. The molecule has 0 aromatic rings. The lowest BCUT2D eigenvalue weighted by Gasteiger charge is -2.14. The van der Waals surface area contributed by atoms with Gasteiger partial charge in [0.1, 0.15) is 6.04 Å². The van der Waals surface area contributed by atoms with E-state index in [1.54, 1.807) is 13.2 Å². The number of nitrogens with one attached hydrogen (secondary N) is 2. The van der Waals surface area contributed by atoms with E-state index in [0.717, 1.165) is 0 Å². The van der Waals surface area contributed by atoms with E-state index in [0.29, 0.717) is 19.4 Å². The zero-order valence-electron chi connectivity index (χ0n) is 10.4. The maximum absolute atomic E-state index is 11.3. The number of amides is 2. The highest BCUT2D eigenvalue weighted by atomic mass is 32.2. The Morgan fingerprint density at radius 3 is 2.41 bits per heavy atom. The summed E-state index contributed by atoms with van der Waals surface area (Å²) in [6.45, 7) is 3.89. The number of carbonyl (C=O) groups is 2. The lowest BCUT2D eigenvalue weighted by molar-refractivity contribution is -0.139. The van der Waals surface area contributed by atoms with Crippen molar-refractivity contribution < 1.29 is 18.9 Å². The van der Waals surface area contributed by atoms with Crippen LogP contribution in [0.4, 0.5) is 4.79 Å². The van der Waals surface area contributed by atoms with Gasteiger partial charge in [0.25, 0.3) is 0 Å². The highest BCUT2D eigenvalue weighted by molar-refractivity contribution is 7.84. The molecule has 2 amide bonds. The number of hydrogen-bond donors (Lipinski definition) is 3. The quantitative estimate of drug-likeness (QED) is 0.616. The summed E-state index contributed by atoms with van der Waals surface area (Å²) in [4.78, 5) is 22.0. The fraction of sp³-hybridized carbons (Fsp3) is 0.800. The predicted octanol–water partition coefficient (Wildman–Crippen LogP) is 0.306. The van der Waals surface area contributed by atoms with Gasteiger partial charge >= 0.3 is 12.0 Å². The minimum atomic E-state index is -1.05. The zero-order valence-corrected chi connectivity index (χ0v) is 11.2. The summed E-state index contributed by atoms with van der Waals surface area (Å²) in [7, 11) is -0.911. The molecule has 0 aliphatic carbocycles. The first-order chi connectivity index (χ1) is 7.88. The van der Waals surface area contributed by atoms with Crippen molar-refractivity contribution in [3.63, 3.8) is 0 Å². The molecule has 0 fully saturated rings. The highest BCUT2D eigenvalue weighted by Crippen LogP contribution is 1.97. The normalized spacial score (nSPS) is 15.7. The summed E-state index contributed by atoms with van der Waals surface area (Å²) < 4.78 is 11.0. The van der Waals surface area contributed by atoms with Crippen molar-refractivity contribution in [3.8, 4) is 0 Å². The summed E-state index contributed by atoms with van der Waals surface area (Å²) in [6.07, 6.45) is 2.54. The van der Waals surface area contributed by atoms with Gasteiger partial charge in [0.05, 0.1) is 0 Å². The van der Waals surface area contributed by atoms with Gasteiger partial charge in [-0.2, -0.15) is 0 Å². The second-order valence-electron chi connectivity index (χ2n) is 3.80. The van der Waals surface area contributed by atoms with E-state index >= 15 is 0 Å². The van der Waals surface area contributed by atoms with Crippen molar-refractivity contribution in [3.05, 3.63) is 0 Å². The predicted molar refractivity (Wildman–Crippen MR) is 66.4 cm³/mol. The zero-order chi connectivity index (χ0) is 13.4. The SMILES string of the molecule is CC[C@@H](NC(=O)NCCC(C)S(C)=O)C(=O)O. The topological polar surface area (TPSA) is 95.5 Å². The molecule has 0 spiro atoms. The van der Waals surface area contributed by atoms with Gasteiger partial charge < -0.3 is 15.7 Å². The summed E-state index contributed by atoms with van der Waals surface area (Å²) in [5.41, 5.74) is 0. The molecule has 0 saturated heterocycles. The first kappa shape index (κ1) is 15.9. The lowest BCUT2D eigenvalue weighted by Crippen LogP contribution is -2.46. The van der Waals surface area contributed by atoms with Crippen molar-refractivity contribution in [2.75, 3.05) is 12.8 Å². The second kappa shape index (κ2) is 8.05. The third-order valence-corrected chi connectivity index (χ3v) is 3.78. The molecule has 0 bridgehead atoms. The number of carboxylic acids is 1. The van der Waals surface area contributed by atoms with Crippen LogP contribution in [-0.4, -0.2) is 45.4 Å². The van der Waals surface area contributed by atoms with Crippen molar-refractivity contribution in [2.24, 2.45) is 0 Å². The summed E-state index contributed by atoms with van der Waals surface area (Å²) in [6, 6.07) is -1.37. The molecule has 0 aromatic heterocycles. The van der Waals surface area contributed by atoms with Crippen LogP contribution in [0.15, 0.2) is 0 Å². The van der Waals surface area contributed by atoms with E-state index in [2.05, 4.69) is 10.6 Å². The Kier molecular flexibility index (Phi) is 7.53. The molecule has 3 N–H and O–H groups in total. The molecule has 6 nitrogen and oxygen atoms in total. The Labute approximate surface area is 104 Å². The molecule has 3 atom stereocenters. The van der Waals surface area contributed by atoms with Crippen LogP contribution in [-0.2, 0) is 15.6 Å². The van der Waals surface area contributed by atoms with Crippen LogP contribution in [0.5, 0.6) is 0 Å². The maximum atomic E-state index is 11.3. The van der Waals surface area contributed by atoms with Crippen LogP contribution in [0, 0.1) is 0 Å². The molecule has 0 rings (SSSR count). The molecule has 0 saturated carbocycles. The Morgan fingerprint density at radius 2 is 2.00 bits per heavy atom. The molecule has 100 valence electrons. The van der Waals surface area contributed by atoms with Gasteiger partial charge in [0, 0.05) is 28.9 Å². The Hall–Kier alpha value is -1.11. The van der Waals surface area contributed by atoms with E-state index in [9.17, 15) is 13.8 Å². The van der Waals surface area contributed by atoms with Crippen LogP contribution >= 0.6 is 0 Å². The van der Waals surface area contributed by atoms with Gasteiger partial charge in [-0.25, -0.2) is 9.59 Å². The fourth-order valence-electron chi connectivity index (χ4n) is 1.10. The second-order valence-corrected chi connectivity index (χ2v) is 5.60. The average molecular weight is 264 g/mol. The molecule has 2 unspecified atom stereocenters.